The molecule has 14 aromatic rings. The van der Waals surface area contributed by atoms with Crippen molar-refractivity contribution in [2.24, 2.45) is 0 Å². The van der Waals surface area contributed by atoms with Gasteiger partial charge in [-0.3, -0.25) is 0 Å². The largest absolute Gasteiger partial charge is 0.456 e. The molecular formula is C56H31N3O3. The van der Waals surface area contributed by atoms with Crippen molar-refractivity contribution in [3.05, 3.63) is 188 Å². The van der Waals surface area contributed by atoms with Crippen LogP contribution in [-0.4, -0.2) is 14.5 Å². The normalized spacial score (nSPS) is 12.2. The molecule has 0 fully saturated rings. The average molecular weight is 794 g/mol. The van der Waals surface area contributed by atoms with E-state index < -0.39 is 0 Å². The lowest BCUT2D eigenvalue weighted by molar-refractivity contribution is 0.653. The third-order valence-electron chi connectivity index (χ3n) is 12.6. The fourth-order valence-corrected chi connectivity index (χ4v) is 9.84. The summed E-state index contributed by atoms with van der Waals surface area (Å²) in [4.78, 5) is 10.5. The van der Waals surface area contributed by atoms with Crippen molar-refractivity contribution in [2.75, 3.05) is 0 Å². The van der Waals surface area contributed by atoms with Crippen LogP contribution in [0.2, 0.25) is 0 Å². The van der Waals surface area contributed by atoms with Gasteiger partial charge in [-0.2, -0.15) is 4.98 Å². The van der Waals surface area contributed by atoms with Gasteiger partial charge in [0, 0.05) is 48.8 Å². The molecule has 0 N–H and O–H groups in total. The Bertz CT molecular complexity index is 4170. The minimum Gasteiger partial charge on any atom is -0.456 e. The number of furan rings is 3. The smallest absolute Gasteiger partial charge is 0.231 e. The first-order valence-corrected chi connectivity index (χ1v) is 20.8. The van der Waals surface area contributed by atoms with Gasteiger partial charge in [0.25, 0.3) is 0 Å². The van der Waals surface area contributed by atoms with Crippen LogP contribution in [0.1, 0.15) is 0 Å². The molecule has 0 aliphatic rings. The summed E-state index contributed by atoms with van der Waals surface area (Å²) in [6.07, 6.45) is 0. The van der Waals surface area contributed by atoms with E-state index in [0.29, 0.717) is 11.5 Å². The molecule has 0 spiro atoms. The third-order valence-corrected chi connectivity index (χ3v) is 12.6. The van der Waals surface area contributed by atoms with E-state index in [0.717, 1.165) is 105 Å². The van der Waals surface area contributed by atoms with Crippen LogP contribution in [0, 0.1) is 0 Å². The number of fused-ring (bicyclic) bond motifs is 14. The van der Waals surface area contributed by atoms with E-state index in [4.69, 9.17) is 23.2 Å². The molecule has 0 unspecified atom stereocenters. The molecule has 0 amide bonds. The monoisotopic (exact) mass is 793 g/mol. The molecule has 0 bridgehead atoms. The van der Waals surface area contributed by atoms with Crippen LogP contribution >= 0.6 is 0 Å². The molecule has 0 radical (unpaired) electrons. The molecule has 62 heavy (non-hydrogen) atoms. The summed E-state index contributed by atoms with van der Waals surface area (Å²) >= 11 is 0. The molecule has 9 aromatic carbocycles. The first-order chi connectivity index (χ1) is 30.7. The number of nitrogens with zero attached hydrogens (tertiary/aromatic N) is 3. The Morgan fingerprint density at radius 1 is 0.387 bits per heavy atom. The number of para-hydroxylation sites is 3. The zero-order valence-corrected chi connectivity index (χ0v) is 33.0. The fourth-order valence-electron chi connectivity index (χ4n) is 9.84. The average Bonchev–Trinajstić information content (AvgIpc) is 4.10. The van der Waals surface area contributed by atoms with E-state index in [2.05, 4.69) is 138 Å². The molecule has 6 heteroatoms. The molecular weight excluding hydrogens is 763 g/mol. The summed E-state index contributed by atoms with van der Waals surface area (Å²) < 4.78 is 22.3. The van der Waals surface area contributed by atoms with Crippen LogP contribution in [0.3, 0.4) is 0 Å². The lowest BCUT2D eigenvalue weighted by Gasteiger charge is -2.14. The van der Waals surface area contributed by atoms with Gasteiger partial charge in [0.2, 0.25) is 5.71 Å². The molecule has 14 rings (SSSR count). The standard InChI is InChI=1S/C56H31N3O3/c1-2-13-33(14-3-1)55-57-52(51-43-31-35(24-29-49(43)62-56(51)58-55)34-23-28-48-42(30-34)38-17-7-10-20-46(38)60-48)41-26-27-45(50-40-18-8-11-21-47(40)61-54(41)50)59-44-19-9-6-16-37(44)39-25-22-32-12-4-5-15-36(32)53(39)59/h1-31H. The van der Waals surface area contributed by atoms with E-state index in [-0.39, 0.29) is 0 Å². The molecule has 288 valence electrons. The van der Waals surface area contributed by atoms with E-state index in [9.17, 15) is 0 Å². The quantitative estimate of drug-likeness (QED) is 0.177. The number of hydrogen-bond donors (Lipinski definition) is 0. The van der Waals surface area contributed by atoms with E-state index in [1.165, 1.54) is 21.5 Å². The Balaban J connectivity index is 1.07. The lowest BCUT2D eigenvalue weighted by atomic mass is 9.98. The first-order valence-electron chi connectivity index (χ1n) is 20.8. The Hall–Kier alpha value is -8.48. The SMILES string of the molecule is c1ccc(-c2nc(-c3ccc(-n4c5ccccc5c5ccc6ccccc6c54)c4c3oc3ccccc34)c3c(n2)oc2ccc(-c4ccc5oc6ccccc6c5c4)cc23)cc1. The highest BCUT2D eigenvalue weighted by molar-refractivity contribution is 6.22. The van der Waals surface area contributed by atoms with Crippen molar-refractivity contribution in [1.82, 2.24) is 14.5 Å². The number of rotatable bonds is 4. The topological polar surface area (TPSA) is 70.1 Å². The van der Waals surface area contributed by atoms with Crippen LogP contribution in [-0.2, 0) is 0 Å². The Kier molecular flexibility index (Phi) is 6.74. The fraction of sp³-hybridized carbons (Fsp3) is 0. The lowest BCUT2D eigenvalue weighted by Crippen LogP contribution is -1.98. The summed E-state index contributed by atoms with van der Waals surface area (Å²) in [6.45, 7) is 0. The molecule has 0 aliphatic heterocycles. The van der Waals surface area contributed by atoms with Gasteiger partial charge in [-0.25, -0.2) is 4.98 Å². The van der Waals surface area contributed by atoms with Gasteiger partial charge >= 0.3 is 0 Å². The van der Waals surface area contributed by atoms with Crippen molar-refractivity contribution in [1.29, 1.82) is 0 Å². The molecule has 5 aromatic heterocycles. The highest BCUT2D eigenvalue weighted by Crippen LogP contribution is 2.46. The van der Waals surface area contributed by atoms with Gasteiger partial charge in [-0.05, 0) is 71.1 Å². The van der Waals surface area contributed by atoms with E-state index >= 15 is 0 Å². The van der Waals surface area contributed by atoms with Crippen molar-refractivity contribution < 1.29 is 13.3 Å². The first kappa shape index (κ1) is 33.4. The van der Waals surface area contributed by atoms with Gasteiger partial charge in [0.15, 0.2) is 5.82 Å². The second-order valence-electron chi connectivity index (χ2n) is 16.0. The second kappa shape index (κ2) is 12.5. The molecule has 0 atom stereocenters. The minimum absolute atomic E-state index is 0.513. The maximum atomic E-state index is 7.02. The zero-order chi connectivity index (χ0) is 40.5. The van der Waals surface area contributed by atoms with Gasteiger partial charge < -0.3 is 17.8 Å². The molecule has 0 aliphatic carbocycles. The highest BCUT2D eigenvalue weighted by atomic mass is 16.3. The maximum absolute atomic E-state index is 7.02. The van der Waals surface area contributed by atoms with Crippen molar-refractivity contribution in [2.45, 2.75) is 0 Å². The number of hydrogen-bond acceptors (Lipinski definition) is 5. The van der Waals surface area contributed by atoms with Crippen molar-refractivity contribution in [3.63, 3.8) is 0 Å². The Morgan fingerprint density at radius 2 is 1.05 bits per heavy atom. The Morgan fingerprint density at radius 3 is 1.89 bits per heavy atom. The molecule has 0 saturated heterocycles. The van der Waals surface area contributed by atoms with Crippen LogP contribution in [0.5, 0.6) is 0 Å². The molecule has 0 saturated carbocycles. The highest BCUT2D eigenvalue weighted by Gasteiger charge is 2.26. The Labute approximate surface area is 352 Å². The van der Waals surface area contributed by atoms with E-state index in [1.54, 1.807) is 0 Å². The predicted molar refractivity (Wildman–Crippen MR) is 252 cm³/mol. The summed E-state index contributed by atoms with van der Waals surface area (Å²) in [6, 6.07) is 65.5. The molecule has 6 nitrogen and oxygen atoms in total. The van der Waals surface area contributed by atoms with Gasteiger partial charge in [0.05, 0.1) is 33.2 Å². The molecule has 5 heterocycles. The minimum atomic E-state index is 0.513. The maximum Gasteiger partial charge on any atom is 0.231 e. The zero-order valence-electron chi connectivity index (χ0n) is 33.0. The second-order valence-corrected chi connectivity index (χ2v) is 16.0. The van der Waals surface area contributed by atoms with Crippen molar-refractivity contribution >= 4 is 98.5 Å². The van der Waals surface area contributed by atoms with Crippen LogP contribution in [0.4, 0.5) is 0 Å². The van der Waals surface area contributed by atoms with Crippen LogP contribution in [0.15, 0.2) is 201 Å². The van der Waals surface area contributed by atoms with Crippen LogP contribution < -0.4 is 0 Å². The van der Waals surface area contributed by atoms with Crippen LogP contribution in [0.25, 0.3) is 138 Å². The van der Waals surface area contributed by atoms with Gasteiger partial charge in [0.1, 0.15) is 27.9 Å². The number of benzene rings is 9. The summed E-state index contributed by atoms with van der Waals surface area (Å²) in [5, 5.41) is 10.7. The summed E-state index contributed by atoms with van der Waals surface area (Å²) in [5.41, 5.74) is 12.5. The predicted octanol–water partition coefficient (Wildman–Crippen LogP) is 15.4. The summed E-state index contributed by atoms with van der Waals surface area (Å²) in [5.74, 6) is 0.576. The van der Waals surface area contributed by atoms with Gasteiger partial charge in [-0.15, -0.1) is 0 Å². The number of aromatic nitrogens is 3. The van der Waals surface area contributed by atoms with E-state index in [1.807, 2.05) is 54.6 Å². The van der Waals surface area contributed by atoms with Crippen molar-refractivity contribution in [3.8, 4) is 39.5 Å². The van der Waals surface area contributed by atoms with Gasteiger partial charge in [-0.1, -0.05) is 133 Å². The third kappa shape index (κ3) is 4.69. The summed E-state index contributed by atoms with van der Waals surface area (Å²) in [7, 11) is 0.